The number of phosphoric ester groups is 1. The summed E-state index contributed by atoms with van der Waals surface area (Å²) in [6.07, 6.45) is 19.6. The number of hydrogen-bond acceptors (Lipinski definition) is 5. The number of quaternary nitrogens is 1. The van der Waals surface area contributed by atoms with Crippen molar-refractivity contribution in [3.05, 3.63) is 0 Å². The van der Waals surface area contributed by atoms with Gasteiger partial charge in [-0.25, -0.2) is 0 Å². The van der Waals surface area contributed by atoms with Crippen molar-refractivity contribution in [2.24, 2.45) is 0 Å². The predicted molar refractivity (Wildman–Crippen MR) is 128 cm³/mol. The number of rotatable bonds is 23. The van der Waals surface area contributed by atoms with Gasteiger partial charge in [-0.1, -0.05) is 103 Å². The first kappa shape index (κ1) is 31.0. The van der Waals surface area contributed by atoms with E-state index in [0.717, 1.165) is 19.3 Å². The molecule has 1 N–H and O–H groups in total. The van der Waals surface area contributed by atoms with Crippen molar-refractivity contribution < 1.29 is 28.1 Å². The first-order valence-corrected chi connectivity index (χ1v) is 14.2. The van der Waals surface area contributed by atoms with Gasteiger partial charge in [-0.3, -0.25) is 4.57 Å². The molecule has 0 saturated carbocycles. The Morgan fingerprint density at radius 1 is 0.742 bits per heavy atom. The van der Waals surface area contributed by atoms with E-state index in [2.05, 4.69) is 6.92 Å². The largest absolute Gasteiger partial charge is 0.756 e. The molecule has 6 nitrogen and oxygen atoms in total. The number of aliphatic hydroxyl groups excluding tert-OH is 1. The lowest BCUT2D eigenvalue weighted by molar-refractivity contribution is -0.873. The molecule has 0 aliphatic rings. The monoisotopic (exact) mass is 465 g/mol. The summed E-state index contributed by atoms with van der Waals surface area (Å²) in [6.45, 7) is 2.58. The van der Waals surface area contributed by atoms with Crippen molar-refractivity contribution in [3.63, 3.8) is 0 Å². The summed E-state index contributed by atoms with van der Waals surface area (Å²) < 4.78 is 21.9. The average molecular weight is 466 g/mol. The van der Waals surface area contributed by atoms with Gasteiger partial charge in [0.25, 0.3) is 7.82 Å². The highest BCUT2D eigenvalue weighted by atomic mass is 31.2. The van der Waals surface area contributed by atoms with Crippen LogP contribution in [-0.2, 0) is 13.6 Å². The molecule has 0 aliphatic heterocycles. The maximum Gasteiger partial charge on any atom is 0.267 e. The van der Waals surface area contributed by atoms with Crippen molar-refractivity contribution in [1.29, 1.82) is 0 Å². The predicted octanol–water partition coefficient (Wildman–Crippen LogP) is 5.82. The second kappa shape index (κ2) is 19.5. The zero-order valence-corrected chi connectivity index (χ0v) is 21.9. The molecule has 0 aromatic heterocycles. The minimum absolute atomic E-state index is 0.157. The Balaban J connectivity index is 3.39. The van der Waals surface area contributed by atoms with E-state index >= 15 is 0 Å². The first-order valence-electron chi connectivity index (χ1n) is 12.7. The zero-order valence-electron chi connectivity index (χ0n) is 21.0. The van der Waals surface area contributed by atoms with Crippen LogP contribution in [-0.4, -0.2) is 56.6 Å². The molecule has 0 aromatic rings. The number of aliphatic hydroxyl groups is 1. The van der Waals surface area contributed by atoms with Crippen LogP contribution in [0.15, 0.2) is 0 Å². The highest BCUT2D eigenvalue weighted by Gasteiger charge is 2.18. The molecule has 188 valence electrons. The summed E-state index contributed by atoms with van der Waals surface area (Å²) in [7, 11) is 1.45. The van der Waals surface area contributed by atoms with Crippen molar-refractivity contribution in [2.45, 2.75) is 116 Å². The summed E-state index contributed by atoms with van der Waals surface area (Å²) in [4.78, 5) is 11.7. The van der Waals surface area contributed by atoms with Crippen LogP contribution in [0.25, 0.3) is 0 Å². The van der Waals surface area contributed by atoms with Gasteiger partial charge in [-0.2, -0.15) is 0 Å². The van der Waals surface area contributed by atoms with E-state index in [9.17, 15) is 14.6 Å². The SMILES string of the molecule is CCCCCCCCCCCCCCCCCCOP(=O)([O-])OCC(O)C[N+](C)(C)C. The molecular formula is C24H52NO5P. The molecule has 0 heterocycles. The number of nitrogens with zero attached hydrogens (tertiary/aromatic N) is 1. The van der Waals surface area contributed by atoms with E-state index in [0.29, 0.717) is 11.0 Å². The minimum Gasteiger partial charge on any atom is -0.756 e. The Labute approximate surface area is 192 Å². The molecule has 0 spiro atoms. The van der Waals surface area contributed by atoms with Gasteiger partial charge in [0.15, 0.2) is 0 Å². The fourth-order valence-corrected chi connectivity index (χ4v) is 4.51. The molecule has 0 aromatic carbocycles. The molecule has 2 unspecified atom stereocenters. The average Bonchev–Trinajstić information content (AvgIpc) is 2.67. The normalized spacial score (nSPS) is 15.2. The van der Waals surface area contributed by atoms with Crippen LogP contribution in [0, 0.1) is 0 Å². The van der Waals surface area contributed by atoms with Crippen LogP contribution in [0.4, 0.5) is 0 Å². The number of likely N-dealkylation sites (N-methyl/N-ethyl adjacent to an activating group) is 1. The highest BCUT2D eigenvalue weighted by Crippen LogP contribution is 2.38. The van der Waals surface area contributed by atoms with Crippen LogP contribution in [0.1, 0.15) is 110 Å². The third-order valence-corrected chi connectivity index (χ3v) is 6.39. The number of hydrogen-bond donors (Lipinski definition) is 1. The summed E-state index contributed by atoms with van der Waals surface area (Å²) in [5, 5.41) is 9.81. The van der Waals surface area contributed by atoms with E-state index in [1.165, 1.54) is 83.5 Å². The lowest BCUT2D eigenvalue weighted by atomic mass is 10.0. The Morgan fingerprint density at radius 3 is 1.52 bits per heavy atom. The second-order valence-electron chi connectivity index (χ2n) is 10.0. The Morgan fingerprint density at radius 2 is 1.13 bits per heavy atom. The smallest absolute Gasteiger partial charge is 0.267 e. The van der Waals surface area contributed by atoms with Gasteiger partial charge in [0.05, 0.1) is 34.4 Å². The third kappa shape index (κ3) is 24.5. The topological polar surface area (TPSA) is 78.8 Å². The summed E-state index contributed by atoms with van der Waals surface area (Å²) in [5.74, 6) is 0. The third-order valence-electron chi connectivity index (χ3n) is 5.43. The lowest BCUT2D eigenvalue weighted by Crippen LogP contribution is -2.43. The van der Waals surface area contributed by atoms with Crippen LogP contribution >= 0.6 is 7.82 Å². The fourth-order valence-electron chi connectivity index (χ4n) is 3.73. The highest BCUT2D eigenvalue weighted by molar-refractivity contribution is 7.45. The van der Waals surface area contributed by atoms with Crippen LogP contribution in [0.3, 0.4) is 0 Å². The maximum absolute atomic E-state index is 11.7. The second-order valence-corrected chi connectivity index (χ2v) is 11.4. The zero-order chi connectivity index (χ0) is 23.4. The van der Waals surface area contributed by atoms with Crippen LogP contribution in [0.5, 0.6) is 0 Å². The van der Waals surface area contributed by atoms with Crippen molar-refractivity contribution in [2.75, 3.05) is 40.9 Å². The van der Waals surface area contributed by atoms with E-state index in [-0.39, 0.29) is 13.2 Å². The van der Waals surface area contributed by atoms with Crippen molar-refractivity contribution >= 4 is 7.82 Å². The molecule has 0 radical (unpaired) electrons. The van der Waals surface area contributed by atoms with Gasteiger partial charge in [0.2, 0.25) is 0 Å². The van der Waals surface area contributed by atoms with E-state index in [1.54, 1.807) is 0 Å². The molecule has 0 aliphatic carbocycles. The van der Waals surface area contributed by atoms with Gasteiger partial charge in [-0.05, 0) is 6.42 Å². The van der Waals surface area contributed by atoms with Gasteiger partial charge in [-0.15, -0.1) is 0 Å². The quantitative estimate of drug-likeness (QED) is 0.117. The summed E-state index contributed by atoms with van der Waals surface area (Å²) in [5.41, 5.74) is 0. The van der Waals surface area contributed by atoms with Crippen LogP contribution in [0.2, 0.25) is 0 Å². The van der Waals surface area contributed by atoms with Crippen molar-refractivity contribution in [1.82, 2.24) is 0 Å². The van der Waals surface area contributed by atoms with E-state index < -0.39 is 13.9 Å². The number of phosphoric acid groups is 1. The molecule has 31 heavy (non-hydrogen) atoms. The Kier molecular flexibility index (Phi) is 19.5. The summed E-state index contributed by atoms with van der Waals surface area (Å²) in [6, 6.07) is 0. The fraction of sp³-hybridized carbons (Fsp3) is 1.00. The molecule has 0 amide bonds. The molecule has 7 heteroatoms. The Hall–Kier alpha value is 0.0300. The van der Waals surface area contributed by atoms with Crippen LogP contribution < -0.4 is 4.89 Å². The molecule has 2 atom stereocenters. The summed E-state index contributed by atoms with van der Waals surface area (Å²) >= 11 is 0. The Bertz CT molecular complexity index is 442. The molecule has 0 rings (SSSR count). The van der Waals surface area contributed by atoms with Gasteiger partial charge < -0.3 is 23.5 Å². The van der Waals surface area contributed by atoms with E-state index in [4.69, 9.17) is 9.05 Å². The minimum atomic E-state index is -4.32. The van der Waals surface area contributed by atoms with Gasteiger partial charge >= 0.3 is 0 Å². The van der Waals surface area contributed by atoms with Gasteiger partial charge in [0, 0.05) is 0 Å². The number of unbranched alkanes of at least 4 members (excludes halogenated alkanes) is 15. The first-order chi connectivity index (χ1) is 14.7. The molecule has 0 fully saturated rings. The van der Waals surface area contributed by atoms with Gasteiger partial charge in [0.1, 0.15) is 12.6 Å². The van der Waals surface area contributed by atoms with Crippen molar-refractivity contribution in [3.8, 4) is 0 Å². The molecular weight excluding hydrogens is 413 g/mol. The lowest BCUT2D eigenvalue weighted by Gasteiger charge is -2.28. The maximum atomic E-state index is 11.7. The molecule has 0 bridgehead atoms. The molecule has 0 saturated heterocycles. The standard InChI is InChI=1S/C24H52NO5P/c1-5-6-7-8-9-10-11-12-13-14-15-16-17-18-19-20-21-29-31(27,28)30-23-24(26)22-25(2,3)4/h24,26H,5-23H2,1-4H3. The van der Waals surface area contributed by atoms with E-state index in [1.807, 2.05) is 21.1 Å².